The molecule has 1 heterocycles. The lowest BCUT2D eigenvalue weighted by atomic mass is 10.6. The van der Waals surface area contributed by atoms with Crippen molar-refractivity contribution in [2.45, 2.75) is 0 Å². The number of anilines is 1. The quantitative estimate of drug-likeness (QED) is 0.664. The predicted octanol–water partition coefficient (Wildman–Crippen LogP) is -0.823. The summed E-state index contributed by atoms with van der Waals surface area (Å²) in [7, 11) is -3.40. The van der Waals surface area contributed by atoms with Gasteiger partial charge in [-0.3, -0.25) is 0 Å². The van der Waals surface area contributed by atoms with Crippen molar-refractivity contribution in [1.29, 1.82) is 0 Å². The number of nitrogens with one attached hydrogen (secondary N) is 1. The monoisotopic (exact) mass is 202 g/mol. The Balaban J connectivity index is 2.37. The van der Waals surface area contributed by atoms with E-state index in [1.165, 1.54) is 6.33 Å². The molecule has 72 valence electrons. The van der Waals surface area contributed by atoms with Gasteiger partial charge >= 0.3 is 0 Å². The van der Waals surface area contributed by atoms with Crippen molar-refractivity contribution in [1.82, 2.24) is 9.97 Å². The number of rotatable bonds is 4. The summed E-state index contributed by atoms with van der Waals surface area (Å²) in [5.41, 5.74) is 0. The van der Waals surface area contributed by atoms with Gasteiger partial charge in [-0.15, -0.1) is 0 Å². The van der Waals surface area contributed by atoms with Gasteiger partial charge in [-0.1, -0.05) is 0 Å². The Bertz CT molecular complexity index is 350. The largest absolute Gasteiger partial charge is 0.369 e. The van der Waals surface area contributed by atoms with E-state index in [0.29, 0.717) is 5.82 Å². The Labute approximate surface area is 76.3 Å². The summed E-state index contributed by atoms with van der Waals surface area (Å²) in [5, 5.41) is 7.59. The summed E-state index contributed by atoms with van der Waals surface area (Å²) in [4.78, 5) is 7.55. The molecule has 0 aliphatic rings. The average Bonchev–Trinajstić information content (AvgIpc) is 2.04. The van der Waals surface area contributed by atoms with E-state index < -0.39 is 10.0 Å². The molecule has 0 aliphatic carbocycles. The van der Waals surface area contributed by atoms with Gasteiger partial charge in [-0.05, 0) is 6.07 Å². The maximum Gasteiger partial charge on any atom is 0.210 e. The molecule has 0 radical (unpaired) electrons. The van der Waals surface area contributed by atoms with E-state index in [1.54, 1.807) is 12.3 Å². The van der Waals surface area contributed by atoms with E-state index in [1.807, 2.05) is 0 Å². The van der Waals surface area contributed by atoms with E-state index in [9.17, 15) is 8.42 Å². The van der Waals surface area contributed by atoms with Gasteiger partial charge < -0.3 is 5.32 Å². The van der Waals surface area contributed by atoms with Gasteiger partial charge in [-0.25, -0.2) is 23.5 Å². The second kappa shape index (κ2) is 4.15. The molecule has 0 unspecified atom stereocenters. The van der Waals surface area contributed by atoms with Crippen LogP contribution in [0.2, 0.25) is 0 Å². The molecule has 1 aromatic heterocycles. The van der Waals surface area contributed by atoms with Crippen LogP contribution in [0.4, 0.5) is 5.82 Å². The Kier molecular flexibility index (Phi) is 3.15. The molecule has 0 fully saturated rings. The lowest BCUT2D eigenvalue weighted by Crippen LogP contribution is -2.22. The highest BCUT2D eigenvalue weighted by Gasteiger charge is 2.01. The number of nitrogens with zero attached hydrogens (tertiary/aromatic N) is 2. The first-order chi connectivity index (χ1) is 6.08. The first-order valence-electron chi connectivity index (χ1n) is 3.58. The summed E-state index contributed by atoms with van der Waals surface area (Å²) in [6.45, 7) is 0.246. The Morgan fingerprint density at radius 1 is 1.54 bits per heavy atom. The van der Waals surface area contributed by atoms with Crippen LogP contribution < -0.4 is 10.5 Å². The minimum atomic E-state index is -3.40. The summed E-state index contributed by atoms with van der Waals surface area (Å²) < 4.78 is 21.1. The number of nitrogens with two attached hydrogens (primary N) is 1. The molecule has 0 aromatic carbocycles. The molecule has 1 rings (SSSR count). The standard InChI is InChI=1S/C6H10N4O2S/c7-13(11,12)4-3-9-6-1-2-8-5-10-6/h1-2,5H,3-4H2,(H2,7,11,12)(H,8,9,10). The zero-order chi connectivity index (χ0) is 9.73. The molecule has 1 aromatic rings. The lowest BCUT2D eigenvalue weighted by molar-refractivity contribution is 0.598. The fraction of sp³-hybridized carbons (Fsp3) is 0.333. The highest BCUT2D eigenvalue weighted by molar-refractivity contribution is 7.89. The van der Waals surface area contributed by atoms with E-state index in [2.05, 4.69) is 15.3 Å². The predicted molar refractivity (Wildman–Crippen MR) is 48.5 cm³/mol. The van der Waals surface area contributed by atoms with Crippen molar-refractivity contribution in [2.24, 2.45) is 5.14 Å². The smallest absolute Gasteiger partial charge is 0.210 e. The molecule has 0 amide bonds. The molecule has 0 bridgehead atoms. The van der Waals surface area contributed by atoms with Crippen molar-refractivity contribution in [3.63, 3.8) is 0 Å². The maximum atomic E-state index is 10.5. The third-order valence-corrected chi connectivity index (χ3v) is 2.05. The average molecular weight is 202 g/mol. The first kappa shape index (κ1) is 9.87. The second-order valence-electron chi connectivity index (χ2n) is 2.39. The van der Waals surface area contributed by atoms with E-state index >= 15 is 0 Å². The van der Waals surface area contributed by atoms with Gasteiger partial charge in [0.1, 0.15) is 12.1 Å². The molecule has 0 aliphatic heterocycles. The zero-order valence-corrected chi connectivity index (χ0v) is 7.66. The maximum absolute atomic E-state index is 10.5. The van der Waals surface area contributed by atoms with Crippen LogP contribution in [-0.4, -0.2) is 30.7 Å². The minimum absolute atomic E-state index is 0.114. The van der Waals surface area contributed by atoms with Gasteiger partial charge in [0.05, 0.1) is 5.75 Å². The minimum Gasteiger partial charge on any atom is -0.369 e. The van der Waals surface area contributed by atoms with Crippen LogP contribution in [0, 0.1) is 0 Å². The van der Waals surface area contributed by atoms with Crippen molar-refractivity contribution < 1.29 is 8.42 Å². The Morgan fingerprint density at radius 2 is 2.31 bits per heavy atom. The van der Waals surface area contributed by atoms with Crippen LogP contribution in [0.1, 0.15) is 0 Å². The fourth-order valence-electron chi connectivity index (χ4n) is 0.717. The number of hydrogen-bond acceptors (Lipinski definition) is 5. The highest BCUT2D eigenvalue weighted by Crippen LogP contribution is 1.96. The third-order valence-electron chi connectivity index (χ3n) is 1.27. The first-order valence-corrected chi connectivity index (χ1v) is 5.30. The Morgan fingerprint density at radius 3 is 2.85 bits per heavy atom. The van der Waals surface area contributed by atoms with Crippen molar-refractivity contribution in [3.05, 3.63) is 18.6 Å². The van der Waals surface area contributed by atoms with E-state index in [0.717, 1.165) is 0 Å². The highest BCUT2D eigenvalue weighted by atomic mass is 32.2. The summed E-state index contributed by atoms with van der Waals surface area (Å²) >= 11 is 0. The van der Waals surface area contributed by atoms with Crippen LogP contribution in [0.25, 0.3) is 0 Å². The van der Waals surface area contributed by atoms with Gasteiger partial charge in [-0.2, -0.15) is 0 Å². The van der Waals surface area contributed by atoms with Crippen molar-refractivity contribution in [3.8, 4) is 0 Å². The fourth-order valence-corrected chi connectivity index (χ4v) is 1.10. The van der Waals surface area contributed by atoms with Crippen LogP contribution in [-0.2, 0) is 10.0 Å². The second-order valence-corrected chi connectivity index (χ2v) is 4.12. The van der Waals surface area contributed by atoms with Crippen LogP contribution in [0.5, 0.6) is 0 Å². The molecule has 13 heavy (non-hydrogen) atoms. The van der Waals surface area contributed by atoms with Crippen molar-refractivity contribution in [2.75, 3.05) is 17.6 Å². The van der Waals surface area contributed by atoms with Crippen molar-refractivity contribution >= 4 is 15.8 Å². The number of aromatic nitrogens is 2. The molecule has 0 saturated heterocycles. The number of primary sulfonamides is 1. The normalized spacial score (nSPS) is 11.2. The summed E-state index contributed by atoms with van der Waals surface area (Å²) in [5.74, 6) is 0.468. The molecular weight excluding hydrogens is 192 g/mol. The molecule has 0 saturated carbocycles. The number of sulfonamides is 1. The third kappa shape index (κ3) is 4.38. The summed E-state index contributed by atoms with van der Waals surface area (Å²) in [6.07, 6.45) is 2.94. The van der Waals surface area contributed by atoms with Gasteiger partial charge in [0, 0.05) is 12.7 Å². The molecule has 7 heteroatoms. The lowest BCUT2D eigenvalue weighted by Gasteiger charge is -2.02. The molecule has 6 nitrogen and oxygen atoms in total. The van der Waals surface area contributed by atoms with Gasteiger partial charge in [0.2, 0.25) is 10.0 Å². The van der Waals surface area contributed by atoms with Crippen LogP contribution >= 0.6 is 0 Å². The topological polar surface area (TPSA) is 98.0 Å². The molecule has 0 atom stereocenters. The summed E-state index contributed by atoms with van der Waals surface area (Å²) in [6, 6.07) is 1.64. The molecule has 0 spiro atoms. The van der Waals surface area contributed by atoms with Gasteiger partial charge in [0.25, 0.3) is 0 Å². The van der Waals surface area contributed by atoms with E-state index in [4.69, 9.17) is 5.14 Å². The SMILES string of the molecule is NS(=O)(=O)CCNc1ccncn1. The van der Waals surface area contributed by atoms with Gasteiger partial charge in [0.15, 0.2) is 0 Å². The van der Waals surface area contributed by atoms with Crippen LogP contribution in [0.3, 0.4) is 0 Å². The zero-order valence-electron chi connectivity index (χ0n) is 6.84. The van der Waals surface area contributed by atoms with Crippen LogP contribution in [0.15, 0.2) is 18.6 Å². The number of hydrogen-bond donors (Lipinski definition) is 2. The Hall–Kier alpha value is -1.21. The molecular formula is C6H10N4O2S. The molecule has 3 N–H and O–H groups in total. The van der Waals surface area contributed by atoms with E-state index in [-0.39, 0.29) is 12.3 Å².